The summed E-state index contributed by atoms with van der Waals surface area (Å²) >= 11 is 0. The summed E-state index contributed by atoms with van der Waals surface area (Å²) in [5.41, 5.74) is 3.07. The number of para-hydroxylation sites is 1. The van der Waals surface area contributed by atoms with Gasteiger partial charge in [-0.2, -0.15) is 0 Å². The van der Waals surface area contributed by atoms with Gasteiger partial charge in [-0.15, -0.1) is 0 Å². The van der Waals surface area contributed by atoms with Crippen LogP contribution in [0.15, 0.2) is 48.8 Å². The van der Waals surface area contributed by atoms with Crippen molar-refractivity contribution in [2.75, 3.05) is 12.4 Å². The molecular formula is C16H15N3O2. The first-order valence-electron chi connectivity index (χ1n) is 6.54. The van der Waals surface area contributed by atoms with E-state index in [-0.39, 0.29) is 5.91 Å². The molecule has 0 bridgehead atoms. The maximum Gasteiger partial charge on any atom is 0.259 e. The van der Waals surface area contributed by atoms with E-state index in [0.29, 0.717) is 17.0 Å². The minimum Gasteiger partial charge on any atom is -0.496 e. The van der Waals surface area contributed by atoms with Crippen LogP contribution < -0.4 is 10.1 Å². The molecule has 0 unspecified atom stereocenters. The van der Waals surface area contributed by atoms with Crippen LogP contribution >= 0.6 is 0 Å². The molecule has 3 aromatic rings. The number of imidazole rings is 1. The summed E-state index contributed by atoms with van der Waals surface area (Å²) < 4.78 is 7.13. The maximum atomic E-state index is 12.3. The first kappa shape index (κ1) is 13.2. The Morgan fingerprint density at radius 3 is 2.86 bits per heavy atom. The second kappa shape index (κ2) is 5.28. The Bertz CT molecular complexity index is 808. The summed E-state index contributed by atoms with van der Waals surface area (Å²) in [4.78, 5) is 16.6. The summed E-state index contributed by atoms with van der Waals surface area (Å²) in [6.07, 6.45) is 1.75. The third-order valence-corrected chi connectivity index (χ3v) is 3.33. The fourth-order valence-electron chi connectivity index (χ4n) is 2.24. The zero-order valence-corrected chi connectivity index (χ0v) is 11.8. The number of aryl methyl sites for hydroxylation is 1. The van der Waals surface area contributed by atoms with Crippen molar-refractivity contribution < 1.29 is 9.53 Å². The number of carbonyl (C=O) groups is 1. The second-order valence-electron chi connectivity index (χ2n) is 4.71. The monoisotopic (exact) mass is 281 g/mol. The van der Waals surface area contributed by atoms with Gasteiger partial charge in [-0.1, -0.05) is 12.1 Å². The van der Waals surface area contributed by atoms with Gasteiger partial charge < -0.3 is 14.6 Å². The van der Waals surface area contributed by atoms with Crippen molar-refractivity contribution in [3.8, 4) is 5.75 Å². The van der Waals surface area contributed by atoms with Crippen LogP contribution in [0.3, 0.4) is 0 Å². The van der Waals surface area contributed by atoms with Gasteiger partial charge in [0, 0.05) is 12.7 Å². The van der Waals surface area contributed by atoms with Crippen LogP contribution in [0.4, 0.5) is 5.69 Å². The molecule has 5 nitrogen and oxygen atoms in total. The number of hydrogen-bond donors (Lipinski definition) is 1. The average molecular weight is 281 g/mol. The fourth-order valence-corrected chi connectivity index (χ4v) is 2.24. The predicted octanol–water partition coefficient (Wildman–Crippen LogP) is 2.83. The van der Waals surface area contributed by atoms with Crippen LogP contribution in [0.1, 0.15) is 10.4 Å². The Morgan fingerprint density at radius 2 is 2.05 bits per heavy atom. The highest BCUT2D eigenvalue weighted by molar-refractivity contribution is 6.06. The molecule has 1 aromatic heterocycles. The van der Waals surface area contributed by atoms with Gasteiger partial charge in [0.15, 0.2) is 0 Å². The van der Waals surface area contributed by atoms with Crippen molar-refractivity contribution in [2.45, 2.75) is 0 Å². The van der Waals surface area contributed by atoms with E-state index in [1.165, 1.54) is 0 Å². The molecule has 0 aliphatic heterocycles. The number of nitrogens with one attached hydrogen (secondary N) is 1. The highest BCUT2D eigenvalue weighted by Crippen LogP contribution is 2.21. The van der Waals surface area contributed by atoms with Gasteiger partial charge in [0.25, 0.3) is 5.91 Å². The molecular weight excluding hydrogens is 266 g/mol. The Kier molecular flexibility index (Phi) is 3.31. The van der Waals surface area contributed by atoms with Crippen molar-refractivity contribution >= 4 is 22.6 Å². The third kappa shape index (κ3) is 2.45. The van der Waals surface area contributed by atoms with Crippen molar-refractivity contribution in [1.82, 2.24) is 9.55 Å². The summed E-state index contributed by atoms with van der Waals surface area (Å²) in [7, 11) is 3.48. The van der Waals surface area contributed by atoms with E-state index in [4.69, 9.17) is 4.74 Å². The fraction of sp³-hybridized carbons (Fsp3) is 0.125. The Hall–Kier alpha value is -2.82. The average Bonchev–Trinajstić information content (AvgIpc) is 2.88. The minimum atomic E-state index is -0.206. The van der Waals surface area contributed by atoms with Gasteiger partial charge in [-0.05, 0) is 30.3 Å². The third-order valence-electron chi connectivity index (χ3n) is 3.33. The number of anilines is 1. The standard InChI is InChI=1S/C16H15N3O2/c1-19-10-17-13-9-11(7-8-14(13)19)18-16(20)12-5-3-4-6-15(12)21-2/h3-10H,1-2H3,(H,18,20). The van der Waals surface area contributed by atoms with Crippen molar-refractivity contribution in [3.63, 3.8) is 0 Å². The number of aromatic nitrogens is 2. The van der Waals surface area contributed by atoms with E-state index in [1.807, 2.05) is 35.9 Å². The lowest BCUT2D eigenvalue weighted by Crippen LogP contribution is -2.13. The van der Waals surface area contributed by atoms with Crippen LogP contribution in [0.2, 0.25) is 0 Å². The van der Waals surface area contributed by atoms with E-state index in [0.717, 1.165) is 11.0 Å². The summed E-state index contributed by atoms with van der Waals surface area (Å²) in [5.74, 6) is 0.344. The molecule has 3 rings (SSSR count). The van der Waals surface area contributed by atoms with Crippen LogP contribution in [0, 0.1) is 0 Å². The van der Waals surface area contributed by atoms with Crippen molar-refractivity contribution in [3.05, 3.63) is 54.4 Å². The molecule has 2 aromatic carbocycles. The van der Waals surface area contributed by atoms with E-state index in [1.54, 1.807) is 31.6 Å². The molecule has 21 heavy (non-hydrogen) atoms. The lowest BCUT2D eigenvalue weighted by molar-refractivity contribution is 0.102. The normalized spacial score (nSPS) is 10.6. The molecule has 0 saturated carbocycles. The Labute approximate surface area is 122 Å². The molecule has 0 spiro atoms. The van der Waals surface area contributed by atoms with Gasteiger partial charge in [0.1, 0.15) is 5.75 Å². The number of fused-ring (bicyclic) bond motifs is 1. The van der Waals surface area contributed by atoms with Gasteiger partial charge in [0.05, 0.1) is 30.0 Å². The SMILES string of the molecule is COc1ccccc1C(=O)Nc1ccc2c(c1)ncn2C. The highest BCUT2D eigenvalue weighted by Gasteiger charge is 2.12. The lowest BCUT2D eigenvalue weighted by Gasteiger charge is -2.09. The van der Waals surface area contributed by atoms with E-state index >= 15 is 0 Å². The molecule has 1 N–H and O–H groups in total. The van der Waals surface area contributed by atoms with Gasteiger partial charge in [-0.3, -0.25) is 4.79 Å². The summed E-state index contributed by atoms with van der Waals surface area (Å²) in [5, 5.41) is 2.87. The number of ether oxygens (including phenoxy) is 1. The first-order chi connectivity index (χ1) is 10.2. The number of hydrogen-bond acceptors (Lipinski definition) is 3. The molecule has 5 heteroatoms. The molecule has 0 atom stereocenters. The molecule has 0 aliphatic carbocycles. The van der Waals surface area contributed by atoms with E-state index in [2.05, 4.69) is 10.3 Å². The molecule has 1 amide bonds. The Morgan fingerprint density at radius 1 is 1.24 bits per heavy atom. The van der Waals surface area contributed by atoms with Gasteiger partial charge in [-0.25, -0.2) is 4.98 Å². The maximum absolute atomic E-state index is 12.3. The van der Waals surface area contributed by atoms with Crippen LogP contribution in [0.25, 0.3) is 11.0 Å². The number of carbonyl (C=O) groups excluding carboxylic acids is 1. The number of rotatable bonds is 3. The smallest absolute Gasteiger partial charge is 0.259 e. The molecule has 0 saturated heterocycles. The number of amides is 1. The summed E-state index contributed by atoms with van der Waals surface area (Å²) in [6, 6.07) is 12.8. The first-order valence-corrected chi connectivity index (χ1v) is 6.54. The van der Waals surface area contributed by atoms with Crippen molar-refractivity contribution in [1.29, 1.82) is 0 Å². The topological polar surface area (TPSA) is 56.1 Å². The lowest BCUT2D eigenvalue weighted by atomic mass is 10.2. The van der Waals surface area contributed by atoms with Crippen LogP contribution in [-0.2, 0) is 7.05 Å². The zero-order chi connectivity index (χ0) is 14.8. The van der Waals surface area contributed by atoms with E-state index in [9.17, 15) is 4.79 Å². The number of nitrogens with zero attached hydrogens (tertiary/aromatic N) is 2. The van der Waals surface area contributed by atoms with Crippen LogP contribution in [-0.4, -0.2) is 22.6 Å². The molecule has 1 heterocycles. The number of methoxy groups -OCH3 is 1. The summed E-state index contributed by atoms with van der Waals surface area (Å²) in [6.45, 7) is 0. The van der Waals surface area contributed by atoms with Crippen LogP contribution in [0.5, 0.6) is 5.75 Å². The largest absolute Gasteiger partial charge is 0.496 e. The van der Waals surface area contributed by atoms with E-state index < -0.39 is 0 Å². The highest BCUT2D eigenvalue weighted by atomic mass is 16.5. The minimum absolute atomic E-state index is 0.206. The Balaban J connectivity index is 1.89. The van der Waals surface area contributed by atoms with Gasteiger partial charge in [0.2, 0.25) is 0 Å². The quantitative estimate of drug-likeness (QED) is 0.803. The molecule has 0 radical (unpaired) electrons. The molecule has 106 valence electrons. The number of benzene rings is 2. The van der Waals surface area contributed by atoms with Crippen molar-refractivity contribution in [2.24, 2.45) is 7.05 Å². The molecule has 0 fully saturated rings. The predicted molar refractivity (Wildman–Crippen MR) is 81.7 cm³/mol. The second-order valence-corrected chi connectivity index (χ2v) is 4.71. The molecule has 0 aliphatic rings. The zero-order valence-electron chi connectivity index (χ0n) is 11.8. The van der Waals surface area contributed by atoms with Gasteiger partial charge >= 0.3 is 0 Å².